The lowest BCUT2D eigenvalue weighted by Crippen LogP contribution is -1.93. The third-order valence-electron chi connectivity index (χ3n) is 2.47. The van der Waals surface area contributed by atoms with Crippen LogP contribution in [0.3, 0.4) is 0 Å². The Morgan fingerprint density at radius 1 is 0.786 bits per heavy atom. The van der Waals surface area contributed by atoms with Gasteiger partial charge in [-0.25, -0.2) is 0 Å². The first-order chi connectivity index (χ1) is 6.93. The Balaban J connectivity index is 1.85. The standard InChI is InChI=1S/C12H20FN/c13-9-5-3-1-2-4-6-10-14-11-7-8-12-14/h7-8,11-12H,1-6,9-10H2. The maximum atomic E-state index is 11.8. The van der Waals surface area contributed by atoms with Crippen LogP contribution >= 0.6 is 0 Å². The molecule has 1 heterocycles. The van der Waals surface area contributed by atoms with Crippen molar-refractivity contribution in [2.75, 3.05) is 6.67 Å². The van der Waals surface area contributed by atoms with E-state index in [-0.39, 0.29) is 6.67 Å². The second-order valence-electron chi connectivity index (χ2n) is 3.73. The molecule has 0 saturated carbocycles. The van der Waals surface area contributed by atoms with Crippen molar-refractivity contribution in [1.29, 1.82) is 0 Å². The SMILES string of the molecule is FCCCCCCCCn1cccc1. The van der Waals surface area contributed by atoms with E-state index < -0.39 is 0 Å². The van der Waals surface area contributed by atoms with Crippen LogP contribution in [0, 0.1) is 0 Å². The Labute approximate surface area is 85.9 Å². The van der Waals surface area contributed by atoms with Crippen LogP contribution in [0.5, 0.6) is 0 Å². The molecule has 0 bridgehead atoms. The Morgan fingerprint density at radius 2 is 1.36 bits per heavy atom. The first kappa shape index (κ1) is 11.3. The van der Waals surface area contributed by atoms with E-state index in [4.69, 9.17) is 0 Å². The van der Waals surface area contributed by atoms with Gasteiger partial charge in [0.25, 0.3) is 0 Å². The topological polar surface area (TPSA) is 4.93 Å². The van der Waals surface area contributed by atoms with Gasteiger partial charge >= 0.3 is 0 Å². The molecule has 0 amide bonds. The normalized spacial score (nSPS) is 10.6. The van der Waals surface area contributed by atoms with Gasteiger partial charge in [0.05, 0.1) is 6.67 Å². The molecular formula is C12H20FN. The number of unbranched alkanes of at least 4 members (excludes halogenated alkanes) is 5. The molecule has 0 aliphatic heterocycles. The zero-order valence-electron chi connectivity index (χ0n) is 8.79. The van der Waals surface area contributed by atoms with Crippen molar-refractivity contribution < 1.29 is 4.39 Å². The Hall–Kier alpha value is -0.790. The molecule has 1 nitrogen and oxygen atoms in total. The number of alkyl halides is 1. The van der Waals surface area contributed by atoms with Gasteiger partial charge in [-0.15, -0.1) is 0 Å². The van der Waals surface area contributed by atoms with E-state index in [0.717, 1.165) is 19.4 Å². The van der Waals surface area contributed by atoms with E-state index >= 15 is 0 Å². The summed E-state index contributed by atoms with van der Waals surface area (Å²) in [5, 5.41) is 0. The van der Waals surface area contributed by atoms with E-state index in [0.29, 0.717) is 0 Å². The molecule has 0 saturated heterocycles. The number of hydrogen-bond acceptors (Lipinski definition) is 0. The van der Waals surface area contributed by atoms with Gasteiger partial charge in [0.1, 0.15) is 0 Å². The van der Waals surface area contributed by atoms with Crippen molar-refractivity contribution in [2.24, 2.45) is 0 Å². The average molecular weight is 197 g/mol. The fraction of sp³-hybridized carbons (Fsp3) is 0.667. The third-order valence-corrected chi connectivity index (χ3v) is 2.47. The van der Waals surface area contributed by atoms with Crippen LogP contribution < -0.4 is 0 Å². The zero-order chi connectivity index (χ0) is 10.1. The molecule has 80 valence electrons. The summed E-state index contributed by atoms with van der Waals surface area (Å²) in [7, 11) is 0. The van der Waals surface area contributed by atoms with Crippen LogP contribution in [0.2, 0.25) is 0 Å². The molecule has 0 aliphatic carbocycles. The molecule has 0 aromatic carbocycles. The largest absolute Gasteiger partial charge is 0.354 e. The monoisotopic (exact) mass is 197 g/mol. The summed E-state index contributed by atoms with van der Waals surface area (Å²) in [6.07, 6.45) is 11.0. The number of hydrogen-bond donors (Lipinski definition) is 0. The lowest BCUT2D eigenvalue weighted by Gasteiger charge is -2.02. The minimum atomic E-state index is -0.149. The number of rotatable bonds is 8. The number of halogens is 1. The molecule has 0 radical (unpaired) electrons. The number of aryl methyl sites for hydroxylation is 1. The fourth-order valence-corrected chi connectivity index (χ4v) is 1.62. The molecule has 0 fully saturated rings. The predicted molar refractivity (Wildman–Crippen MR) is 58.1 cm³/mol. The Kier molecular flexibility index (Phi) is 6.13. The minimum Gasteiger partial charge on any atom is -0.354 e. The molecular weight excluding hydrogens is 177 g/mol. The molecule has 0 N–H and O–H groups in total. The number of aromatic nitrogens is 1. The van der Waals surface area contributed by atoms with Gasteiger partial charge in [-0.1, -0.05) is 25.7 Å². The lowest BCUT2D eigenvalue weighted by molar-refractivity contribution is 0.448. The van der Waals surface area contributed by atoms with Gasteiger partial charge in [0.2, 0.25) is 0 Å². The maximum Gasteiger partial charge on any atom is 0.0894 e. The van der Waals surface area contributed by atoms with Crippen LogP contribution in [0.15, 0.2) is 24.5 Å². The zero-order valence-corrected chi connectivity index (χ0v) is 8.79. The van der Waals surface area contributed by atoms with Crippen LogP contribution in [-0.4, -0.2) is 11.2 Å². The van der Waals surface area contributed by atoms with Crippen LogP contribution in [0.25, 0.3) is 0 Å². The fourth-order valence-electron chi connectivity index (χ4n) is 1.62. The van der Waals surface area contributed by atoms with Crippen LogP contribution in [0.1, 0.15) is 38.5 Å². The molecule has 1 aromatic heterocycles. The molecule has 1 rings (SSSR count). The van der Waals surface area contributed by atoms with Crippen molar-refractivity contribution in [3.63, 3.8) is 0 Å². The van der Waals surface area contributed by atoms with E-state index in [2.05, 4.69) is 29.1 Å². The molecule has 1 aromatic rings. The summed E-state index contributed by atoms with van der Waals surface area (Å²) < 4.78 is 14.0. The van der Waals surface area contributed by atoms with Crippen molar-refractivity contribution in [3.8, 4) is 0 Å². The third kappa shape index (κ3) is 5.05. The first-order valence-corrected chi connectivity index (χ1v) is 5.60. The summed E-state index contributed by atoms with van der Waals surface area (Å²) in [5.74, 6) is 0. The quantitative estimate of drug-likeness (QED) is 0.559. The van der Waals surface area contributed by atoms with Crippen molar-refractivity contribution in [3.05, 3.63) is 24.5 Å². The summed E-state index contributed by atoms with van der Waals surface area (Å²) in [5.41, 5.74) is 0. The molecule has 0 aliphatic rings. The highest BCUT2D eigenvalue weighted by Gasteiger charge is 1.92. The minimum absolute atomic E-state index is 0.149. The molecule has 0 atom stereocenters. The highest BCUT2D eigenvalue weighted by molar-refractivity contribution is 4.89. The van der Waals surface area contributed by atoms with Crippen molar-refractivity contribution in [1.82, 2.24) is 4.57 Å². The van der Waals surface area contributed by atoms with E-state index in [1.165, 1.54) is 25.7 Å². The summed E-state index contributed by atoms with van der Waals surface area (Å²) in [6, 6.07) is 4.11. The van der Waals surface area contributed by atoms with Gasteiger partial charge in [0, 0.05) is 18.9 Å². The second-order valence-corrected chi connectivity index (χ2v) is 3.73. The average Bonchev–Trinajstić information content (AvgIpc) is 2.69. The molecule has 2 heteroatoms. The van der Waals surface area contributed by atoms with Gasteiger partial charge < -0.3 is 4.57 Å². The highest BCUT2D eigenvalue weighted by atomic mass is 19.1. The summed E-state index contributed by atoms with van der Waals surface area (Å²) in [4.78, 5) is 0. The highest BCUT2D eigenvalue weighted by Crippen LogP contribution is 2.06. The Bertz CT molecular complexity index is 206. The molecule has 0 unspecified atom stereocenters. The van der Waals surface area contributed by atoms with Gasteiger partial charge in [-0.3, -0.25) is 4.39 Å². The lowest BCUT2D eigenvalue weighted by atomic mass is 10.1. The summed E-state index contributed by atoms with van der Waals surface area (Å²) >= 11 is 0. The smallest absolute Gasteiger partial charge is 0.0894 e. The molecule has 14 heavy (non-hydrogen) atoms. The number of nitrogens with zero attached hydrogens (tertiary/aromatic N) is 1. The van der Waals surface area contributed by atoms with Gasteiger partial charge in [-0.2, -0.15) is 0 Å². The predicted octanol–water partition coefficient (Wildman–Crippen LogP) is 3.80. The van der Waals surface area contributed by atoms with E-state index in [1.807, 2.05) is 0 Å². The van der Waals surface area contributed by atoms with Crippen LogP contribution in [0.4, 0.5) is 4.39 Å². The van der Waals surface area contributed by atoms with Crippen molar-refractivity contribution >= 4 is 0 Å². The first-order valence-electron chi connectivity index (χ1n) is 5.60. The maximum absolute atomic E-state index is 11.8. The Morgan fingerprint density at radius 3 is 2.00 bits per heavy atom. The van der Waals surface area contributed by atoms with E-state index in [1.54, 1.807) is 0 Å². The van der Waals surface area contributed by atoms with Gasteiger partial charge in [-0.05, 0) is 25.0 Å². The van der Waals surface area contributed by atoms with Crippen LogP contribution in [-0.2, 0) is 6.54 Å². The second kappa shape index (κ2) is 7.60. The van der Waals surface area contributed by atoms with Gasteiger partial charge in [0.15, 0.2) is 0 Å². The van der Waals surface area contributed by atoms with Crippen molar-refractivity contribution in [2.45, 2.75) is 45.1 Å². The summed E-state index contributed by atoms with van der Waals surface area (Å²) in [6.45, 7) is 0.972. The molecule has 0 spiro atoms. The van der Waals surface area contributed by atoms with E-state index in [9.17, 15) is 4.39 Å².